The van der Waals surface area contributed by atoms with E-state index in [0.29, 0.717) is 6.42 Å². The Morgan fingerprint density at radius 3 is 2.69 bits per heavy atom. The number of pyridine rings is 1. The third-order valence-corrected chi connectivity index (χ3v) is 2.97. The molecular formula is C12H19N3O. The van der Waals surface area contributed by atoms with Gasteiger partial charge in [0.15, 0.2) is 0 Å². The first kappa shape index (κ1) is 11.4. The number of nitrogens with two attached hydrogens (primary N) is 1. The maximum absolute atomic E-state index is 8.87. The van der Waals surface area contributed by atoms with E-state index in [2.05, 4.69) is 16.0 Å². The summed E-state index contributed by atoms with van der Waals surface area (Å²) in [6, 6.07) is 3.92. The lowest BCUT2D eigenvalue weighted by molar-refractivity contribution is 0.265. The van der Waals surface area contributed by atoms with Crippen molar-refractivity contribution in [2.75, 3.05) is 24.6 Å². The van der Waals surface area contributed by atoms with Gasteiger partial charge in [0.25, 0.3) is 0 Å². The van der Waals surface area contributed by atoms with E-state index < -0.39 is 0 Å². The first-order valence-electron chi connectivity index (χ1n) is 5.86. The van der Waals surface area contributed by atoms with Crippen LogP contribution in [0.25, 0.3) is 0 Å². The Morgan fingerprint density at radius 2 is 2.12 bits per heavy atom. The predicted molar refractivity (Wildman–Crippen MR) is 64.4 cm³/mol. The fourth-order valence-electron chi connectivity index (χ4n) is 2.04. The van der Waals surface area contributed by atoms with Crippen molar-refractivity contribution >= 4 is 5.82 Å². The quantitative estimate of drug-likeness (QED) is 0.779. The van der Waals surface area contributed by atoms with Gasteiger partial charge in [-0.1, -0.05) is 6.07 Å². The number of nitrogens with zero attached hydrogens (tertiary/aromatic N) is 2. The lowest BCUT2D eigenvalue weighted by Gasteiger charge is -2.16. The van der Waals surface area contributed by atoms with E-state index in [1.807, 2.05) is 12.3 Å². The molecule has 1 aliphatic heterocycles. The van der Waals surface area contributed by atoms with Gasteiger partial charge in [0.05, 0.1) is 6.61 Å². The van der Waals surface area contributed by atoms with Gasteiger partial charge in [-0.2, -0.15) is 0 Å². The molecule has 1 aliphatic rings. The van der Waals surface area contributed by atoms with Crippen molar-refractivity contribution in [2.24, 2.45) is 5.73 Å². The van der Waals surface area contributed by atoms with Crippen molar-refractivity contribution in [2.45, 2.75) is 25.3 Å². The molecule has 1 saturated heterocycles. The van der Waals surface area contributed by atoms with Crippen LogP contribution in [0.3, 0.4) is 0 Å². The number of anilines is 1. The minimum Gasteiger partial charge on any atom is -0.395 e. The van der Waals surface area contributed by atoms with E-state index in [1.165, 1.54) is 12.8 Å². The molecule has 4 heteroatoms. The van der Waals surface area contributed by atoms with Crippen LogP contribution in [0, 0.1) is 0 Å². The lowest BCUT2D eigenvalue weighted by Crippen LogP contribution is -2.27. The van der Waals surface area contributed by atoms with E-state index in [4.69, 9.17) is 10.8 Å². The molecule has 0 radical (unpaired) electrons. The number of rotatable bonds is 4. The third-order valence-electron chi connectivity index (χ3n) is 2.97. The second-order valence-corrected chi connectivity index (χ2v) is 4.37. The molecule has 1 fully saturated rings. The van der Waals surface area contributed by atoms with Crippen LogP contribution in [0.1, 0.15) is 18.4 Å². The van der Waals surface area contributed by atoms with E-state index >= 15 is 0 Å². The molecule has 0 aliphatic carbocycles. The fraction of sp³-hybridized carbons (Fsp3) is 0.583. The maximum atomic E-state index is 8.87. The summed E-state index contributed by atoms with van der Waals surface area (Å²) in [5, 5.41) is 8.87. The summed E-state index contributed by atoms with van der Waals surface area (Å²) >= 11 is 0. The first-order chi connectivity index (χ1) is 7.79. The van der Waals surface area contributed by atoms with Crippen LogP contribution < -0.4 is 10.6 Å². The molecule has 0 spiro atoms. The van der Waals surface area contributed by atoms with Crippen LogP contribution in [0.5, 0.6) is 0 Å². The highest BCUT2D eigenvalue weighted by molar-refractivity contribution is 5.40. The largest absolute Gasteiger partial charge is 0.395 e. The lowest BCUT2D eigenvalue weighted by atomic mass is 10.1. The molecule has 88 valence electrons. The monoisotopic (exact) mass is 221 g/mol. The summed E-state index contributed by atoms with van der Waals surface area (Å²) in [6.45, 7) is 2.25. The van der Waals surface area contributed by atoms with Crippen LogP contribution in [-0.4, -0.2) is 35.8 Å². The summed E-state index contributed by atoms with van der Waals surface area (Å²) < 4.78 is 0. The summed E-state index contributed by atoms with van der Waals surface area (Å²) in [7, 11) is 0. The molecular weight excluding hydrogens is 202 g/mol. The normalized spacial score (nSPS) is 17.8. The molecule has 16 heavy (non-hydrogen) atoms. The third kappa shape index (κ3) is 2.71. The Labute approximate surface area is 96.1 Å². The molecule has 1 aromatic rings. The molecule has 0 amide bonds. The highest BCUT2D eigenvalue weighted by Gasteiger charge is 2.13. The van der Waals surface area contributed by atoms with Crippen molar-refractivity contribution in [1.29, 1.82) is 0 Å². The number of aliphatic hydroxyl groups excluding tert-OH is 1. The molecule has 1 unspecified atom stereocenters. The Kier molecular flexibility index (Phi) is 3.74. The standard InChI is InChI=1S/C12H19N3O/c13-11(9-16)7-10-3-4-12(14-8-10)15-5-1-2-6-15/h3-4,8,11,16H,1-2,5-7,9,13H2. The zero-order chi connectivity index (χ0) is 11.4. The van der Waals surface area contributed by atoms with Crippen LogP contribution in [-0.2, 0) is 6.42 Å². The van der Waals surface area contributed by atoms with Crippen LogP contribution in [0.4, 0.5) is 5.82 Å². The van der Waals surface area contributed by atoms with Gasteiger partial charge in [0.1, 0.15) is 5.82 Å². The van der Waals surface area contributed by atoms with Crippen molar-refractivity contribution in [3.05, 3.63) is 23.9 Å². The zero-order valence-electron chi connectivity index (χ0n) is 9.47. The van der Waals surface area contributed by atoms with Gasteiger partial charge >= 0.3 is 0 Å². The number of hydrogen-bond donors (Lipinski definition) is 2. The second kappa shape index (κ2) is 5.27. The molecule has 0 saturated carbocycles. The van der Waals surface area contributed by atoms with E-state index in [-0.39, 0.29) is 12.6 Å². The summed E-state index contributed by atoms with van der Waals surface area (Å²) in [4.78, 5) is 6.74. The van der Waals surface area contributed by atoms with Gasteiger partial charge in [0, 0.05) is 25.3 Å². The highest BCUT2D eigenvalue weighted by Crippen LogP contribution is 2.17. The SMILES string of the molecule is NC(CO)Cc1ccc(N2CCCC2)nc1. The molecule has 3 N–H and O–H groups in total. The van der Waals surface area contributed by atoms with Gasteiger partial charge in [-0.15, -0.1) is 0 Å². The number of hydrogen-bond acceptors (Lipinski definition) is 4. The fourth-order valence-corrected chi connectivity index (χ4v) is 2.04. The Hall–Kier alpha value is -1.13. The number of aromatic nitrogens is 1. The average Bonchev–Trinajstić information content (AvgIpc) is 2.83. The minimum absolute atomic E-state index is 0.0217. The van der Waals surface area contributed by atoms with Crippen molar-refractivity contribution < 1.29 is 5.11 Å². The van der Waals surface area contributed by atoms with Crippen LogP contribution in [0.15, 0.2) is 18.3 Å². The predicted octanol–water partition coefficient (Wildman–Crippen LogP) is 0.544. The van der Waals surface area contributed by atoms with Gasteiger partial charge < -0.3 is 15.7 Å². The number of aliphatic hydroxyl groups is 1. The molecule has 1 atom stereocenters. The van der Waals surface area contributed by atoms with E-state index in [9.17, 15) is 0 Å². The molecule has 2 rings (SSSR count). The van der Waals surface area contributed by atoms with Crippen LogP contribution >= 0.6 is 0 Å². The highest BCUT2D eigenvalue weighted by atomic mass is 16.3. The van der Waals surface area contributed by atoms with Gasteiger partial charge in [-0.3, -0.25) is 0 Å². The molecule has 1 aromatic heterocycles. The zero-order valence-corrected chi connectivity index (χ0v) is 9.47. The van der Waals surface area contributed by atoms with Gasteiger partial charge in [-0.05, 0) is 30.9 Å². The van der Waals surface area contributed by atoms with Crippen molar-refractivity contribution in [1.82, 2.24) is 4.98 Å². The molecule has 0 aromatic carbocycles. The molecule has 4 nitrogen and oxygen atoms in total. The Bertz CT molecular complexity index is 320. The van der Waals surface area contributed by atoms with Gasteiger partial charge in [0.2, 0.25) is 0 Å². The van der Waals surface area contributed by atoms with E-state index in [1.54, 1.807) is 0 Å². The Morgan fingerprint density at radius 1 is 1.38 bits per heavy atom. The van der Waals surface area contributed by atoms with Crippen molar-refractivity contribution in [3.8, 4) is 0 Å². The smallest absolute Gasteiger partial charge is 0.128 e. The van der Waals surface area contributed by atoms with Crippen LogP contribution in [0.2, 0.25) is 0 Å². The Balaban J connectivity index is 1.98. The summed E-state index contributed by atoms with van der Waals surface area (Å²) in [5.41, 5.74) is 6.76. The van der Waals surface area contributed by atoms with Gasteiger partial charge in [-0.25, -0.2) is 4.98 Å². The second-order valence-electron chi connectivity index (χ2n) is 4.37. The minimum atomic E-state index is -0.181. The molecule has 2 heterocycles. The average molecular weight is 221 g/mol. The van der Waals surface area contributed by atoms with E-state index in [0.717, 1.165) is 24.5 Å². The topological polar surface area (TPSA) is 62.4 Å². The summed E-state index contributed by atoms with van der Waals surface area (Å²) in [6.07, 6.45) is 5.07. The molecule has 0 bridgehead atoms. The van der Waals surface area contributed by atoms with Crippen molar-refractivity contribution in [3.63, 3.8) is 0 Å². The first-order valence-corrected chi connectivity index (χ1v) is 5.86. The summed E-state index contributed by atoms with van der Waals surface area (Å²) in [5.74, 6) is 1.05. The maximum Gasteiger partial charge on any atom is 0.128 e.